The van der Waals surface area contributed by atoms with Crippen LogP contribution in [0.2, 0.25) is 0 Å². The predicted octanol–water partition coefficient (Wildman–Crippen LogP) is 1.14. The standard InChI is InChI=1S/C15H15N3O4/c1-10(2)18-14(20)13(19)17(15(18)21)7-8-22-12-5-3-11(9-16)4-6-12/h3-6,10H,7-8H2,1-2H3. The maximum atomic E-state index is 12.0. The number of nitriles is 1. The monoisotopic (exact) mass is 301 g/mol. The minimum absolute atomic E-state index is 0.00731. The Morgan fingerprint density at radius 2 is 1.77 bits per heavy atom. The molecule has 22 heavy (non-hydrogen) atoms. The molecule has 0 saturated carbocycles. The van der Waals surface area contributed by atoms with Gasteiger partial charge in [0, 0.05) is 6.04 Å². The Bertz CT molecular complexity index is 646. The summed E-state index contributed by atoms with van der Waals surface area (Å²) in [6.07, 6.45) is 0. The van der Waals surface area contributed by atoms with Crippen molar-refractivity contribution in [2.24, 2.45) is 0 Å². The molecule has 1 aliphatic rings. The van der Waals surface area contributed by atoms with E-state index in [9.17, 15) is 14.4 Å². The smallest absolute Gasteiger partial charge is 0.334 e. The molecule has 0 aliphatic carbocycles. The van der Waals surface area contributed by atoms with Gasteiger partial charge in [0.15, 0.2) is 0 Å². The van der Waals surface area contributed by atoms with Gasteiger partial charge in [-0.25, -0.2) is 4.79 Å². The quantitative estimate of drug-likeness (QED) is 0.600. The van der Waals surface area contributed by atoms with E-state index in [2.05, 4.69) is 0 Å². The highest BCUT2D eigenvalue weighted by atomic mass is 16.5. The molecule has 1 aliphatic heterocycles. The lowest BCUT2D eigenvalue weighted by atomic mass is 10.2. The normalized spacial score (nSPS) is 14.7. The first kappa shape index (κ1) is 15.5. The van der Waals surface area contributed by atoms with Crippen LogP contribution in [0.4, 0.5) is 4.79 Å². The number of carbonyl (C=O) groups excluding carboxylic acids is 3. The van der Waals surface area contributed by atoms with E-state index >= 15 is 0 Å². The molecule has 0 N–H and O–H groups in total. The van der Waals surface area contributed by atoms with E-state index in [1.807, 2.05) is 6.07 Å². The van der Waals surface area contributed by atoms with Gasteiger partial charge in [0.2, 0.25) is 0 Å². The molecule has 0 bridgehead atoms. The molecule has 114 valence electrons. The van der Waals surface area contributed by atoms with Crippen molar-refractivity contribution in [3.8, 4) is 11.8 Å². The highest BCUT2D eigenvalue weighted by Crippen LogP contribution is 2.16. The number of hydrogen-bond acceptors (Lipinski definition) is 5. The molecule has 4 amide bonds. The summed E-state index contributed by atoms with van der Waals surface area (Å²) in [5.74, 6) is -1.12. The van der Waals surface area contributed by atoms with Crippen LogP contribution in [0.15, 0.2) is 24.3 Å². The van der Waals surface area contributed by atoms with Gasteiger partial charge in [0.05, 0.1) is 18.2 Å². The molecule has 1 aromatic rings. The number of rotatable bonds is 5. The number of benzene rings is 1. The maximum Gasteiger partial charge on any atom is 0.334 e. The summed E-state index contributed by atoms with van der Waals surface area (Å²) >= 11 is 0. The fourth-order valence-electron chi connectivity index (χ4n) is 2.06. The van der Waals surface area contributed by atoms with Crippen molar-refractivity contribution < 1.29 is 19.1 Å². The second-order valence-corrected chi connectivity index (χ2v) is 4.99. The highest BCUT2D eigenvalue weighted by Gasteiger charge is 2.45. The van der Waals surface area contributed by atoms with Crippen LogP contribution < -0.4 is 4.74 Å². The van der Waals surface area contributed by atoms with Crippen molar-refractivity contribution >= 4 is 17.8 Å². The topological polar surface area (TPSA) is 90.7 Å². The zero-order valence-corrected chi connectivity index (χ0v) is 12.3. The molecular weight excluding hydrogens is 286 g/mol. The average Bonchev–Trinajstić information content (AvgIpc) is 2.71. The minimum Gasteiger partial charge on any atom is -0.492 e. The molecule has 1 saturated heterocycles. The molecule has 1 heterocycles. The third-order valence-corrected chi connectivity index (χ3v) is 3.17. The lowest BCUT2D eigenvalue weighted by Crippen LogP contribution is -2.39. The van der Waals surface area contributed by atoms with Crippen molar-refractivity contribution in [2.45, 2.75) is 19.9 Å². The first-order valence-electron chi connectivity index (χ1n) is 6.77. The fraction of sp³-hybridized carbons (Fsp3) is 0.333. The summed E-state index contributed by atoms with van der Waals surface area (Å²) in [6.45, 7) is 3.40. The first-order valence-corrected chi connectivity index (χ1v) is 6.77. The van der Waals surface area contributed by atoms with E-state index in [0.29, 0.717) is 11.3 Å². The molecule has 1 aromatic carbocycles. The van der Waals surface area contributed by atoms with Crippen LogP contribution in [0.3, 0.4) is 0 Å². The number of hydrogen-bond donors (Lipinski definition) is 0. The van der Waals surface area contributed by atoms with E-state index in [4.69, 9.17) is 10.00 Å². The largest absolute Gasteiger partial charge is 0.492 e. The molecule has 7 heteroatoms. The van der Waals surface area contributed by atoms with Crippen LogP contribution in [0.25, 0.3) is 0 Å². The van der Waals surface area contributed by atoms with Gasteiger partial charge in [-0.3, -0.25) is 19.4 Å². The Balaban J connectivity index is 1.94. The van der Waals surface area contributed by atoms with E-state index in [1.54, 1.807) is 38.1 Å². The highest BCUT2D eigenvalue weighted by molar-refractivity contribution is 6.44. The minimum atomic E-state index is -0.831. The van der Waals surface area contributed by atoms with Crippen LogP contribution in [-0.4, -0.2) is 46.8 Å². The van der Waals surface area contributed by atoms with Gasteiger partial charge in [-0.05, 0) is 38.1 Å². The second-order valence-electron chi connectivity index (χ2n) is 4.99. The summed E-state index contributed by atoms with van der Waals surface area (Å²) in [5.41, 5.74) is 0.510. The zero-order valence-electron chi connectivity index (χ0n) is 12.3. The van der Waals surface area contributed by atoms with Gasteiger partial charge < -0.3 is 4.74 Å². The molecule has 0 atom stereocenters. The maximum absolute atomic E-state index is 12.0. The zero-order chi connectivity index (χ0) is 16.3. The number of nitrogens with zero attached hydrogens (tertiary/aromatic N) is 3. The summed E-state index contributed by atoms with van der Waals surface area (Å²) in [4.78, 5) is 37.3. The third kappa shape index (κ3) is 2.91. The Morgan fingerprint density at radius 1 is 1.14 bits per heavy atom. The molecule has 0 spiro atoms. The molecule has 1 fully saturated rings. The van der Waals surface area contributed by atoms with Gasteiger partial charge in [-0.1, -0.05) is 0 Å². The van der Waals surface area contributed by atoms with Gasteiger partial charge in [-0.15, -0.1) is 0 Å². The fourth-order valence-corrected chi connectivity index (χ4v) is 2.06. The van der Waals surface area contributed by atoms with Crippen LogP contribution >= 0.6 is 0 Å². The number of amides is 4. The van der Waals surface area contributed by atoms with E-state index in [0.717, 1.165) is 9.80 Å². The Morgan fingerprint density at radius 3 is 2.27 bits per heavy atom. The lowest BCUT2D eigenvalue weighted by Gasteiger charge is -2.18. The number of imide groups is 2. The van der Waals surface area contributed by atoms with E-state index in [-0.39, 0.29) is 19.2 Å². The van der Waals surface area contributed by atoms with Gasteiger partial charge in [-0.2, -0.15) is 5.26 Å². The number of urea groups is 1. The van der Waals surface area contributed by atoms with Crippen molar-refractivity contribution in [3.63, 3.8) is 0 Å². The molecule has 0 unspecified atom stereocenters. The SMILES string of the molecule is CC(C)N1C(=O)C(=O)N(CCOc2ccc(C#N)cc2)C1=O. The average molecular weight is 301 g/mol. The second kappa shape index (κ2) is 6.26. The summed E-state index contributed by atoms with van der Waals surface area (Å²) < 4.78 is 5.41. The molecule has 2 rings (SSSR count). The predicted molar refractivity (Wildman–Crippen MR) is 75.7 cm³/mol. The Hall–Kier alpha value is -2.88. The molecule has 0 aromatic heterocycles. The first-order chi connectivity index (χ1) is 10.5. The molecule has 7 nitrogen and oxygen atoms in total. The van der Waals surface area contributed by atoms with Crippen LogP contribution in [0.1, 0.15) is 19.4 Å². The van der Waals surface area contributed by atoms with Gasteiger partial charge >= 0.3 is 17.8 Å². The van der Waals surface area contributed by atoms with Crippen molar-refractivity contribution in [3.05, 3.63) is 29.8 Å². The molecular formula is C15H15N3O4. The van der Waals surface area contributed by atoms with Gasteiger partial charge in [0.1, 0.15) is 12.4 Å². The van der Waals surface area contributed by atoms with Crippen molar-refractivity contribution in [1.29, 1.82) is 5.26 Å². The number of carbonyl (C=O) groups is 3. The van der Waals surface area contributed by atoms with Crippen molar-refractivity contribution in [2.75, 3.05) is 13.2 Å². The summed E-state index contributed by atoms with van der Waals surface area (Å²) in [5, 5.41) is 8.69. The van der Waals surface area contributed by atoms with Crippen molar-refractivity contribution in [1.82, 2.24) is 9.80 Å². The number of ether oxygens (including phenoxy) is 1. The summed E-state index contributed by atoms with van der Waals surface area (Å²) in [6, 6.07) is 7.46. The van der Waals surface area contributed by atoms with Gasteiger partial charge in [0.25, 0.3) is 0 Å². The van der Waals surface area contributed by atoms with Crippen LogP contribution in [0, 0.1) is 11.3 Å². The van der Waals surface area contributed by atoms with Crippen LogP contribution in [0.5, 0.6) is 5.75 Å². The van der Waals surface area contributed by atoms with E-state index in [1.165, 1.54) is 0 Å². The Kier molecular flexibility index (Phi) is 4.41. The van der Waals surface area contributed by atoms with Crippen LogP contribution in [-0.2, 0) is 9.59 Å². The Labute approximate surface area is 127 Å². The molecule has 0 radical (unpaired) electrons. The lowest BCUT2D eigenvalue weighted by molar-refractivity contribution is -0.143. The van der Waals surface area contributed by atoms with E-state index < -0.39 is 17.8 Å². The summed E-state index contributed by atoms with van der Waals surface area (Å²) in [7, 11) is 0. The third-order valence-electron chi connectivity index (χ3n) is 3.17.